The number of nitrogens with one attached hydrogen (secondary N) is 1. The van der Waals surface area contributed by atoms with Crippen LogP contribution >= 0.6 is 0 Å². The number of pyridine rings is 1. The Labute approximate surface area is 186 Å². The number of hydrogen-bond donors (Lipinski definition) is 1. The Morgan fingerprint density at radius 1 is 1.03 bits per heavy atom. The first-order valence-corrected chi connectivity index (χ1v) is 11.5. The van der Waals surface area contributed by atoms with Crippen molar-refractivity contribution >= 4 is 21.4 Å². The minimum Gasteiger partial charge on any atom is -0.496 e. The summed E-state index contributed by atoms with van der Waals surface area (Å²) in [5.74, 6) is 0.462. The number of methoxy groups -OCH3 is 1. The number of rotatable bonds is 6. The molecule has 0 saturated heterocycles. The zero-order chi connectivity index (χ0) is 22.9. The average molecular weight is 450 g/mol. The Bertz CT molecular complexity index is 1380. The molecule has 0 aliphatic carbocycles. The molecule has 4 rings (SSSR count). The summed E-state index contributed by atoms with van der Waals surface area (Å²) in [4.78, 5) is 17.0. The molecule has 0 saturated carbocycles. The van der Waals surface area contributed by atoms with Gasteiger partial charge in [0.25, 0.3) is 5.91 Å². The van der Waals surface area contributed by atoms with Crippen molar-refractivity contribution in [3.63, 3.8) is 0 Å². The van der Waals surface area contributed by atoms with Crippen molar-refractivity contribution < 1.29 is 17.9 Å². The van der Waals surface area contributed by atoms with Gasteiger partial charge in [-0.3, -0.25) is 4.79 Å². The van der Waals surface area contributed by atoms with E-state index in [1.54, 1.807) is 78.6 Å². The molecule has 32 heavy (non-hydrogen) atoms. The summed E-state index contributed by atoms with van der Waals surface area (Å²) >= 11 is 0. The summed E-state index contributed by atoms with van der Waals surface area (Å²) in [6.45, 7) is 3.92. The third kappa shape index (κ3) is 4.09. The molecule has 2 heterocycles. The molecule has 0 spiro atoms. The number of nitrogens with zero attached hydrogens (tertiary/aromatic N) is 2. The van der Waals surface area contributed by atoms with Gasteiger partial charge in [-0.2, -0.15) is 0 Å². The molecule has 0 aliphatic heterocycles. The maximum absolute atomic E-state index is 13.1. The molecule has 1 amide bonds. The number of carbonyl (C=O) groups excluding carboxylic acids is 1. The van der Waals surface area contributed by atoms with Crippen LogP contribution in [0, 0.1) is 13.8 Å². The first kappa shape index (κ1) is 21.6. The van der Waals surface area contributed by atoms with Crippen LogP contribution in [0.5, 0.6) is 5.75 Å². The highest BCUT2D eigenvalue weighted by molar-refractivity contribution is 7.91. The van der Waals surface area contributed by atoms with Crippen molar-refractivity contribution in [2.24, 2.45) is 0 Å². The zero-order valence-corrected chi connectivity index (χ0v) is 18.8. The van der Waals surface area contributed by atoms with E-state index in [9.17, 15) is 13.2 Å². The number of benzene rings is 2. The number of carbonyl (C=O) groups is 1. The van der Waals surface area contributed by atoms with Crippen molar-refractivity contribution in [2.45, 2.75) is 30.2 Å². The highest BCUT2D eigenvalue weighted by atomic mass is 32.2. The predicted molar refractivity (Wildman–Crippen MR) is 121 cm³/mol. The van der Waals surface area contributed by atoms with E-state index in [1.165, 1.54) is 0 Å². The fraction of sp³-hybridized carbons (Fsp3) is 0.167. The SMILES string of the molecule is COc1c(C)cc(S(=O)(=O)c2ccc(CNC(=O)c3ccc4nccn4c3)cc2)cc1C. The predicted octanol–water partition coefficient (Wildman–Crippen LogP) is 3.72. The lowest BCUT2D eigenvalue weighted by atomic mass is 10.1. The van der Waals surface area contributed by atoms with Gasteiger partial charge in [-0.15, -0.1) is 0 Å². The molecule has 7 nitrogen and oxygen atoms in total. The Kier molecular flexibility index (Phi) is 5.71. The number of aryl methyl sites for hydroxylation is 2. The lowest BCUT2D eigenvalue weighted by Crippen LogP contribution is -2.23. The minimum atomic E-state index is -3.67. The van der Waals surface area contributed by atoms with Crippen LogP contribution in [0.15, 0.2) is 76.9 Å². The highest BCUT2D eigenvalue weighted by Crippen LogP contribution is 2.29. The summed E-state index contributed by atoms with van der Waals surface area (Å²) in [7, 11) is -2.10. The summed E-state index contributed by atoms with van der Waals surface area (Å²) in [5.41, 5.74) is 3.60. The van der Waals surface area contributed by atoms with Gasteiger partial charge >= 0.3 is 0 Å². The molecule has 0 fully saturated rings. The number of sulfone groups is 1. The van der Waals surface area contributed by atoms with Crippen molar-refractivity contribution in [3.05, 3.63) is 89.4 Å². The van der Waals surface area contributed by atoms with E-state index in [2.05, 4.69) is 10.3 Å². The average Bonchev–Trinajstić information content (AvgIpc) is 3.25. The van der Waals surface area contributed by atoms with Crippen molar-refractivity contribution in [1.82, 2.24) is 14.7 Å². The Balaban J connectivity index is 1.48. The Morgan fingerprint density at radius 2 is 1.72 bits per heavy atom. The number of amides is 1. The van der Waals surface area contributed by atoms with Crippen molar-refractivity contribution in [2.75, 3.05) is 7.11 Å². The molecular weight excluding hydrogens is 426 g/mol. The van der Waals surface area contributed by atoms with Crippen LogP contribution in [0.25, 0.3) is 5.65 Å². The quantitative estimate of drug-likeness (QED) is 0.485. The van der Waals surface area contributed by atoms with E-state index in [4.69, 9.17) is 4.74 Å². The molecule has 0 atom stereocenters. The maximum Gasteiger partial charge on any atom is 0.253 e. The van der Waals surface area contributed by atoms with Gasteiger partial charge in [0.15, 0.2) is 0 Å². The number of fused-ring (bicyclic) bond motifs is 1. The molecule has 2 aromatic heterocycles. The molecule has 0 aliphatic rings. The first-order chi connectivity index (χ1) is 15.3. The normalized spacial score (nSPS) is 11.5. The number of imidazole rings is 1. The minimum absolute atomic E-state index is 0.196. The van der Waals surface area contributed by atoms with E-state index < -0.39 is 9.84 Å². The van der Waals surface area contributed by atoms with Crippen molar-refractivity contribution in [1.29, 1.82) is 0 Å². The standard InChI is InChI=1S/C24H23N3O4S/c1-16-12-21(13-17(2)23(16)31-3)32(29,30)20-7-4-18(5-8-20)14-26-24(28)19-6-9-22-25-10-11-27(22)15-19/h4-13,15H,14H2,1-3H3,(H,26,28). The molecule has 2 aromatic carbocycles. The van der Waals surface area contributed by atoms with Crippen LogP contribution in [0.3, 0.4) is 0 Å². The number of ether oxygens (including phenoxy) is 1. The van der Waals surface area contributed by atoms with Crippen LogP contribution in [0.4, 0.5) is 0 Å². The van der Waals surface area contributed by atoms with Gasteiger partial charge in [0.2, 0.25) is 9.84 Å². The van der Waals surface area contributed by atoms with Crippen LogP contribution in [-0.2, 0) is 16.4 Å². The first-order valence-electron chi connectivity index (χ1n) is 10.00. The highest BCUT2D eigenvalue weighted by Gasteiger charge is 2.20. The Hall–Kier alpha value is -3.65. The van der Waals surface area contributed by atoms with E-state index in [0.717, 1.165) is 22.3 Å². The zero-order valence-electron chi connectivity index (χ0n) is 18.0. The van der Waals surface area contributed by atoms with Gasteiger partial charge in [-0.05, 0) is 66.9 Å². The van der Waals surface area contributed by atoms with E-state index in [0.29, 0.717) is 11.3 Å². The van der Waals surface area contributed by atoms with Crippen molar-refractivity contribution in [3.8, 4) is 5.75 Å². The van der Waals surface area contributed by atoms with Crippen LogP contribution < -0.4 is 10.1 Å². The molecule has 1 N–H and O–H groups in total. The smallest absolute Gasteiger partial charge is 0.253 e. The van der Waals surface area contributed by atoms with Gasteiger partial charge in [0, 0.05) is 25.1 Å². The second-order valence-electron chi connectivity index (χ2n) is 7.53. The third-order valence-electron chi connectivity index (χ3n) is 5.29. The van der Waals surface area contributed by atoms with Gasteiger partial charge in [-0.1, -0.05) is 12.1 Å². The van der Waals surface area contributed by atoms with E-state index in [-0.39, 0.29) is 22.2 Å². The maximum atomic E-state index is 13.1. The molecule has 4 aromatic rings. The molecule has 0 radical (unpaired) electrons. The summed E-state index contributed by atoms with van der Waals surface area (Å²) in [6.07, 6.45) is 5.16. The van der Waals surface area contributed by atoms with E-state index >= 15 is 0 Å². The third-order valence-corrected chi connectivity index (χ3v) is 7.04. The van der Waals surface area contributed by atoms with E-state index in [1.807, 2.05) is 13.8 Å². The second-order valence-corrected chi connectivity index (χ2v) is 9.48. The molecule has 164 valence electrons. The monoisotopic (exact) mass is 449 g/mol. The van der Waals surface area contributed by atoms with Crippen LogP contribution in [0.2, 0.25) is 0 Å². The Morgan fingerprint density at radius 3 is 2.38 bits per heavy atom. The summed E-state index contributed by atoms with van der Waals surface area (Å²) in [6, 6.07) is 13.2. The lowest BCUT2D eigenvalue weighted by molar-refractivity contribution is 0.0950. The van der Waals surface area contributed by atoms with Crippen LogP contribution in [0.1, 0.15) is 27.0 Å². The number of aromatic nitrogens is 2. The fourth-order valence-corrected chi connectivity index (χ4v) is 5.08. The topological polar surface area (TPSA) is 89.8 Å². The molecule has 0 unspecified atom stereocenters. The van der Waals surface area contributed by atoms with Gasteiger partial charge < -0.3 is 14.5 Å². The fourth-order valence-electron chi connectivity index (χ4n) is 3.65. The number of hydrogen-bond acceptors (Lipinski definition) is 5. The molecule has 0 bridgehead atoms. The second kappa shape index (κ2) is 8.47. The largest absolute Gasteiger partial charge is 0.496 e. The van der Waals surface area contributed by atoms with Gasteiger partial charge in [-0.25, -0.2) is 13.4 Å². The van der Waals surface area contributed by atoms with Gasteiger partial charge in [0.05, 0.1) is 22.5 Å². The molecule has 8 heteroatoms. The summed E-state index contributed by atoms with van der Waals surface area (Å²) < 4.78 is 33.2. The summed E-state index contributed by atoms with van der Waals surface area (Å²) in [5, 5.41) is 2.85. The lowest BCUT2D eigenvalue weighted by Gasteiger charge is -2.12. The molecular formula is C24H23N3O4S. The van der Waals surface area contributed by atoms with Gasteiger partial charge in [0.1, 0.15) is 11.4 Å². The van der Waals surface area contributed by atoms with Crippen LogP contribution in [-0.4, -0.2) is 30.8 Å².